The highest BCUT2D eigenvalue weighted by Gasteiger charge is 2.12. The number of alkyl halides is 1. The van der Waals surface area contributed by atoms with E-state index in [1.54, 1.807) is 24.3 Å². The van der Waals surface area contributed by atoms with Gasteiger partial charge in [0.1, 0.15) is 11.6 Å². The highest BCUT2D eigenvalue weighted by Crippen LogP contribution is 2.30. The second-order valence-electron chi connectivity index (χ2n) is 3.62. The Kier molecular flexibility index (Phi) is 3.65. The lowest BCUT2D eigenvalue weighted by Crippen LogP contribution is -1.95. The molecule has 0 fully saturated rings. The molecule has 0 N–H and O–H groups in total. The molecule has 0 spiro atoms. The fourth-order valence-electron chi connectivity index (χ4n) is 1.55. The summed E-state index contributed by atoms with van der Waals surface area (Å²) in [6, 6.07) is 10.1. The van der Waals surface area contributed by atoms with E-state index in [-0.39, 0.29) is 0 Å². The van der Waals surface area contributed by atoms with E-state index in [4.69, 9.17) is 23.2 Å². The standard InChI is InChI=1S/C13H8Cl2F2/c14-10-3-1-8(2-4-10)13(15)9-5-11(16)7-12(17)6-9/h1-7,13H. The van der Waals surface area contributed by atoms with Crippen LogP contribution in [-0.2, 0) is 0 Å². The Labute approximate surface area is 108 Å². The molecule has 0 aliphatic rings. The quantitative estimate of drug-likeness (QED) is 0.679. The first-order valence-electron chi connectivity index (χ1n) is 4.92. The van der Waals surface area contributed by atoms with Gasteiger partial charge in [-0.05, 0) is 35.4 Å². The molecule has 88 valence electrons. The Hall–Kier alpha value is -1.12. The van der Waals surface area contributed by atoms with Gasteiger partial charge in [0.05, 0.1) is 5.38 Å². The summed E-state index contributed by atoms with van der Waals surface area (Å²) < 4.78 is 26.1. The van der Waals surface area contributed by atoms with Gasteiger partial charge in [-0.1, -0.05) is 23.7 Å². The minimum atomic E-state index is -0.639. The maximum Gasteiger partial charge on any atom is 0.126 e. The zero-order chi connectivity index (χ0) is 12.4. The number of hydrogen-bond acceptors (Lipinski definition) is 0. The molecule has 0 amide bonds. The van der Waals surface area contributed by atoms with Crippen LogP contribution in [0.2, 0.25) is 5.02 Å². The van der Waals surface area contributed by atoms with Gasteiger partial charge in [0, 0.05) is 11.1 Å². The normalized spacial score (nSPS) is 12.5. The summed E-state index contributed by atoms with van der Waals surface area (Å²) in [5.74, 6) is -1.28. The van der Waals surface area contributed by atoms with E-state index in [9.17, 15) is 8.78 Å². The van der Waals surface area contributed by atoms with Crippen molar-refractivity contribution in [2.75, 3.05) is 0 Å². The molecule has 0 aliphatic carbocycles. The molecule has 2 rings (SSSR count). The third-order valence-corrected chi connectivity index (χ3v) is 3.10. The molecule has 17 heavy (non-hydrogen) atoms. The van der Waals surface area contributed by atoms with Crippen LogP contribution in [0, 0.1) is 11.6 Å². The minimum Gasteiger partial charge on any atom is -0.207 e. The molecule has 0 aromatic heterocycles. The minimum absolute atomic E-state index is 0.381. The maximum atomic E-state index is 13.0. The highest BCUT2D eigenvalue weighted by atomic mass is 35.5. The van der Waals surface area contributed by atoms with Crippen LogP contribution < -0.4 is 0 Å². The second kappa shape index (κ2) is 5.03. The van der Waals surface area contributed by atoms with E-state index < -0.39 is 17.0 Å². The first-order chi connectivity index (χ1) is 8.06. The van der Waals surface area contributed by atoms with Crippen LogP contribution in [0.3, 0.4) is 0 Å². The van der Waals surface area contributed by atoms with Crippen molar-refractivity contribution in [3.05, 3.63) is 70.2 Å². The van der Waals surface area contributed by atoms with Crippen LogP contribution in [0.1, 0.15) is 16.5 Å². The summed E-state index contributed by atoms with van der Waals surface area (Å²) in [5, 5.41) is -0.0134. The summed E-state index contributed by atoms with van der Waals surface area (Å²) in [6.45, 7) is 0. The van der Waals surface area contributed by atoms with Crippen LogP contribution in [-0.4, -0.2) is 0 Å². The summed E-state index contributed by atoms with van der Waals surface area (Å²) in [7, 11) is 0. The Morgan fingerprint density at radius 2 is 1.35 bits per heavy atom. The van der Waals surface area contributed by atoms with Gasteiger partial charge in [-0.15, -0.1) is 11.6 Å². The highest BCUT2D eigenvalue weighted by molar-refractivity contribution is 6.30. The molecular formula is C13H8Cl2F2. The molecule has 0 bridgehead atoms. The summed E-state index contributed by atoms with van der Waals surface area (Å²) in [6.07, 6.45) is 0. The van der Waals surface area contributed by atoms with Gasteiger partial charge in [0.15, 0.2) is 0 Å². The molecule has 4 heteroatoms. The van der Waals surface area contributed by atoms with Gasteiger partial charge in [-0.3, -0.25) is 0 Å². The van der Waals surface area contributed by atoms with Crippen LogP contribution in [0.15, 0.2) is 42.5 Å². The molecule has 1 atom stereocenters. The first kappa shape index (κ1) is 12.3. The maximum absolute atomic E-state index is 13.0. The van der Waals surface area contributed by atoms with Gasteiger partial charge in [-0.25, -0.2) is 8.78 Å². The second-order valence-corrected chi connectivity index (χ2v) is 4.49. The van der Waals surface area contributed by atoms with E-state index >= 15 is 0 Å². The van der Waals surface area contributed by atoms with Crippen LogP contribution in [0.25, 0.3) is 0 Å². The van der Waals surface area contributed by atoms with Gasteiger partial charge in [0.25, 0.3) is 0 Å². The van der Waals surface area contributed by atoms with Gasteiger partial charge in [0.2, 0.25) is 0 Å². The number of halogens is 4. The topological polar surface area (TPSA) is 0 Å². The van der Waals surface area contributed by atoms with E-state index in [0.29, 0.717) is 10.6 Å². The lowest BCUT2D eigenvalue weighted by molar-refractivity contribution is 0.580. The molecular weight excluding hydrogens is 265 g/mol. The lowest BCUT2D eigenvalue weighted by atomic mass is 10.0. The largest absolute Gasteiger partial charge is 0.207 e. The molecule has 2 aromatic carbocycles. The van der Waals surface area contributed by atoms with Gasteiger partial charge < -0.3 is 0 Å². The van der Waals surface area contributed by atoms with E-state index in [1.165, 1.54) is 12.1 Å². The van der Waals surface area contributed by atoms with Crippen molar-refractivity contribution in [3.8, 4) is 0 Å². The summed E-state index contributed by atoms with van der Waals surface area (Å²) in [5.41, 5.74) is 1.12. The smallest absolute Gasteiger partial charge is 0.126 e. The molecule has 0 aliphatic heterocycles. The van der Waals surface area contributed by atoms with Crippen molar-refractivity contribution in [3.63, 3.8) is 0 Å². The average molecular weight is 273 g/mol. The molecule has 0 saturated carbocycles. The third-order valence-electron chi connectivity index (χ3n) is 2.34. The monoisotopic (exact) mass is 272 g/mol. The van der Waals surface area contributed by atoms with Crippen LogP contribution in [0.5, 0.6) is 0 Å². The first-order valence-corrected chi connectivity index (χ1v) is 5.73. The van der Waals surface area contributed by atoms with Crippen molar-refractivity contribution in [2.24, 2.45) is 0 Å². The molecule has 2 aromatic rings. The molecule has 1 unspecified atom stereocenters. The van der Waals surface area contributed by atoms with Crippen molar-refractivity contribution >= 4 is 23.2 Å². The number of hydrogen-bond donors (Lipinski definition) is 0. The molecule has 0 saturated heterocycles. The number of rotatable bonds is 2. The van der Waals surface area contributed by atoms with Crippen molar-refractivity contribution in [1.82, 2.24) is 0 Å². The Morgan fingerprint density at radius 1 is 0.824 bits per heavy atom. The molecule has 0 nitrogen and oxygen atoms in total. The Morgan fingerprint density at radius 3 is 1.88 bits per heavy atom. The average Bonchev–Trinajstić information content (AvgIpc) is 2.28. The molecule has 0 heterocycles. The van der Waals surface area contributed by atoms with E-state index in [0.717, 1.165) is 11.6 Å². The van der Waals surface area contributed by atoms with E-state index in [1.807, 2.05) is 0 Å². The zero-order valence-corrected chi connectivity index (χ0v) is 10.1. The molecule has 0 radical (unpaired) electrons. The number of benzene rings is 2. The van der Waals surface area contributed by atoms with Crippen LogP contribution >= 0.6 is 23.2 Å². The van der Waals surface area contributed by atoms with Crippen molar-refractivity contribution < 1.29 is 8.78 Å². The summed E-state index contributed by atoms with van der Waals surface area (Å²) >= 11 is 11.9. The van der Waals surface area contributed by atoms with Crippen LogP contribution in [0.4, 0.5) is 8.78 Å². The fourth-order valence-corrected chi connectivity index (χ4v) is 1.94. The SMILES string of the molecule is Fc1cc(F)cc(C(Cl)c2ccc(Cl)cc2)c1. The third kappa shape index (κ3) is 2.96. The predicted molar refractivity (Wildman–Crippen MR) is 65.5 cm³/mol. The fraction of sp³-hybridized carbons (Fsp3) is 0.0769. The van der Waals surface area contributed by atoms with Crippen molar-refractivity contribution in [2.45, 2.75) is 5.38 Å². The zero-order valence-electron chi connectivity index (χ0n) is 8.63. The van der Waals surface area contributed by atoms with Gasteiger partial charge >= 0.3 is 0 Å². The summed E-state index contributed by atoms with van der Waals surface area (Å²) in [4.78, 5) is 0. The van der Waals surface area contributed by atoms with E-state index in [2.05, 4.69) is 0 Å². The van der Waals surface area contributed by atoms with Gasteiger partial charge in [-0.2, -0.15) is 0 Å². The Balaban J connectivity index is 2.36. The predicted octanol–water partition coefficient (Wildman–Crippen LogP) is 4.95. The van der Waals surface area contributed by atoms with Crippen molar-refractivity contribution in [1.29, 1.82) is 0 Å². The lowest BCUT2D eigenvalue weighted by Gasteiger charge is -2.10. The Bertz CT molecular complexity index is 503.